The molecule has 0 bridgehead atoms. The lowest BCUT2D eigenvalue weighted by molar-refractivity contribution is 0.174. The Morgan fingerprint density at radius 2 is 1.93 bits per heavy atom. The first-order valence-corrected chi connectivity index (χ1v) is 9.03. The number of hydrogen-bond acceptors (Lipinski definition) is 8. The fourth-order valence-corrected chi connectivity index (χ4v) is 3.16. The van der Waals surface area contributed by atoms with E-state index in [2.05, 4.69) is 20.6 Å². The first kappa shape index (κ1) is 17.3. The minimum atomic E-state index is -0.388. The van der Waals surface area contributed by atoms with Crippen LogP contribution < -0.4 is 25.7 Å². The topological polar surface area (TPSA) is 98.5 Å². The molecule has 0 radical (unpaired) electrons. The molecule has 1 aliphatic heterocycles. The van der Waals surface area contributed by atoms with E-state index in [0.717, 1.165) is 11.1 Å². The maximum absolute atomic E-state index is 11.3. The van der Waals surface area contributed by atoms with Crippen LogP contribution in [0, 0.1) is 0 Å². The van der Waals surface area contributed by atoms with Crippen molar-refractivity contribution in [1.29, 1.82) is 0 Å². The van der Waals surface area contributed by atoms with Gasteiger partial charge < -0.3 is 24.5 Å². The summed E-state index contributed by atoms with van der Waals surface area (Å²) >= 11 is 6.31. The molecule has 0 fully saturated rings. The van der Waals surface area contributed by atoms with Crippen LogP contribution in [-0.4, -0.2) is 16.8 Å². The molecule has 3 heterocycles. The van der Waals surface area contributed by atoms with Crippen LogP contribution in [0.15, 0.2) is 63.9 Å². The lowest BCUT2D eigenvalue weighted by Crippen LogP contribution is -2.02. The van der Waals surface area contributed by atoms with Crippen LogP contribution in [0.4, 0.5) is 23.1 Å². The fourth-order valence-electron chi connectivity index (χ4n) is 2.96. The minimum Gasteiger partial charge on any atom is -0.454 e. The van der Waals surface area contributed by atoms with E-state index in [9.17, 15) is 4.79 Å². The number of nitrogens with one attached hydrogen (secondary N) is 2. The van der Waals surface area contributed by atoms with Crippen LogP contribution in [0.1, 0.15) is 0 Å². The van der Waals surface area contributed by atoms with E-state index in [1.807, 2.05) is 6.07 Å². The van der Waals surface area contributed by atoms with Crippen molar-refractivity contribution >= 4 is 45.7 Å². The van der Waals surface area contributed by atoms with Gasteiger partial charge in [0.15, 0.2) is 11.5 Å². The summed E-state index contributed by atoms with van der Waals surface area (Å²) in [4.78, 5) is 20.0. The molecule has 144 valence electrons. The van der Waals surface area contributed by atoms with Crippen molar-refractivity contribution in [2.45, 2.75) is 0 Å². The third kappa shape index (κ3) is 3.41. The van der Waals surface area contributed by atoms with Gasteiger partial charge in [0, 0.05) is 23.3 Å². The summed E-state index contributed by atoms with van der Waals surface area (Å²) in [6.07, 6.45) is 1.62. The van der Waals surface area contributed by atoms with Crippen LogP contribution in [0.5, 0.6) is 11.5 Å². The van der Waals surface area contributed by atoms with E-state index < -0.39 is 0 Å². The molecule has 5 rings (SSSR count). The number of anilines is 4. The highest BCUT2D eigenvalue weighted by Crippen LogP contribution is 2.44. The Balaban J connectivity index is 1.42. The van der Waals surface area contributed by atoms with Gasteiger partial charge in [-0.2, -0.15) is 4.98 Å². The van der Waals surface area contributed by atoms with Crippen LogP contribution in [0.25, 0.3) is 11.0 Å². The van der Waals surface area contributed by atoms with Gasteiger partial charge in [-0.3, -0.25) is 0 Å². The second kappa shape index (κ2) is 6.99. The number of rotatable bonds is 4. The largest absolute Gasteiger partial charge is 0.454 e. The van der Waals surface area contributed by atoms with E-state index in [-0.39, 0.29) is 12.4 Å². The molecule has 0 unspecified atom stereocenters. The summed E-state index contributed by atoms with van der Waals surface area (Å²) < 4.78 is 16.0. The van der Waals surface area contributed by atoms with Crippen molar-refractivity contribution in [3.8, 4) is 11.5 Å². The zero-order valence-electron chi connectivity index (χ0n) is 14.8. The molecule has 1 aliphatic rings. The standard InChI is InChI=1S/C20H13ClN4O4/c21-13-3-5-15-19(28-10-27-15)18(13)24-16-7-8-22-20(25-16)23-12-2-4-14-11(9-12)1-6-17(26)29-14/h1-9H,10H2,(H2,22,23,24,25). The number of nitrogens with zero attached hydrogens (tertiary/aromatic N) is 2. The zero-order valence-corrected chi connectivity index (χ0v) is 15.6. The molecule has 2 aromatic carbocycles. The minimum absolute atomic E-state index is 0.142. The quantitative estimate of drug-likeness (QED) is 0.478. The average molecular weight is 409 g/mol. The molecule has 0 spiro atoms. The predicted octanol–water partition coefficient (Wildman–Crippen LogP) is 4.45. The van der Waals surface area contributed by atoms with Gasteiger partial charge in [-0.25, -0.2) is 9.78 Å². The highest BCUT2D eigenvalue weighted by atomic mass is 35.5. The smallest absolute Gasteiger partial charge is 0.336 e. The van der Waals surface area contributed by atoms with Crippen molar-refractivity contribution in [2.24, 2.45) is 0 Å². The van der Waals surface area contributed by atoms with Gasteiger partial charge in [-0.15, -0.1) is 0 Å². The average Bonchev–Trinajstić information content (AvgIpc) is 3.20. The fraction of sp³-hybridized carbons (Fsp3) is 0.0500. The summed E-state index contributed by atoms with van der Waals surface area (Å²) in [5, 5.41) is 7.56. The molecular formula is C20H13ClN4O4. The molecule has 0 atom stereocenters. The molecule has 0 amide bonds. The third-order valence-electron chi connectivity index (χ3n) is 4.27. The number of ether oxygens (including phenoxy) is 2. The summed E-state index contributed by atoms with van der Waals surface area (Å²) in [6, 6.07) is 13.6. The number of hydrogen-bond donors (Lipinski definition) is 2. The first-order chi connectivity index (χ1) is 14.2. The van der Waals surface area contributed by atoms with Gasteiger partial charge in [0.05, 0.1) is 5.02 Å². The van der Waals surface area contributed by atoms with E-state index in [1.165, 1.54) is 6.07 Å². The maximum atomic E-state index is 11.3. The number of aromatic nitrogens is 2. The Kier molecular flexibility index (Phi) is 4.18. The van der Waals surface area contributed by atoms with Crippen LogP contribution in [0.2, 0.25) is 5.02 Å². The monoisotopic (exact) mass is 408 g/mol. The Labute approximate surface area is 169 Å². The highest BCUT2D eigenvalue weighted by Gasteiger charge is 2.21. The lowest BCUT2D eigenvalue weighted by Gasteiger charge is -2.12. The Morgan fingerprint density at radius 3 is 2.86 bits per heavy atom. The zero-order chi connectivity index (χ0) is 19.8. The van der Waals surface area contributed by atoms with Crippen molar-refractivity contribution in [2.75, 3.05) is 17.4 Å². The number of benzene rings is 2. The van der Waals surface area contributed by atoms with E-state index in [1.54, 1.807) is 42.6 Å². The van der Waals surface area contributed by atoms with Gasteiger partial charge in [-0.1, -0.05) is 11.6 Å². The van der Waals surface area contributed by atoms with E-state index in [0.29, 0.717) is 39.6 Å². The second-order valence-corrected chi connectivity index (χ2v) is 6.59. The van der Waals surface area contributed by atoms with Crippen molar-refractivity contribution in [1.82, 2.24) is 9.97 Å². The predicted molar refractivity (Wildman–Crippen MR) is 109 cm³/mol. The van der Waals surface area contributed by atoms with Gasteiger partial charge in [0.25, 0.3) is 0 Å². The highest BCUT2D eigenvalue weighted by molar-refractivity contribution is 6.33. The Morgan fingerprint density at radius 1 is 1.00 bits per heavy atom. The maximum Gasteiger partial charge on any atom is 0.336 e. The van der Waals surface area contributed by atoms with Crippen LogP contribution in [-0.2, 0) is 0 Å². The van der Waals surface area contributed by atoms with Gasteiger partial charge in [0.2, 0.25) is 12.7 Å². The summed E-state index contributed by atoms with van der Waals surface area (Å²) in [5.41, 5.74) is 1.45. The molecule has 29 heavy (non-hydrogen) atoms. The third-order valence-corrected chi connectivity index (χ3v) is 4.59. The van der Waals surface area contributed by atoms with Crippen LogP contribution >= 0.6 is 11.6 Å². The number of halogens is 1. The molecule has 0 saturated carbocycles. The van der Waals surface area contributed by atoms with E-state index >= 15 is 0 Å². The van der Waals surface area contributed by atoms with Gasteiger partial charge in [0.1, 0.15) is 17.1 Å². The normalized spacial score (nSPS) is 12.2. The molecule has 0 aliphatic carbocycles. The SMILES string of the molecule is O=c1ccc2cc(Nc3nccc(Nc4c(Cl)ccc5c4OCO5)n3)ccc2o1. The Hall–Kier alpha value is -3.78. The molecule has 0 saturated heterocycles. The summed E-state index contributed by atoms with van der Waals surface area (Å²) in [6.45, 7) is 0.142. The van der Waals surface area contributed by atoms with E-state index in [4.69, 9.17) is 25.5 Å². The van der Waals surface area contributed by atoms with Gasteiger partial charge in [-0.05, 0) is 42.5 Å². The van der Waals surface area contributed by atoms with Crippen LogP contribution in [0.3, 0.4) is 0 Å². The van der Waals surface area contributed by atoms with Crippen molar-refractivity contribution < 1.29 is 13.9 Å². The summed E-state index contributed by atoms with van der Waals surface area (Å²) in [5.74, 6) is 2.07. The van der Waals surface area contributed by atoms with Crippen molar-refractivity contribution in [3.63, 3.8) is 0 Å². The molecule has 2 N–H and O–H groups in total. The molecule has 8 nitrogen and oxygen atoms in total. The molecule has 9 heteroatoms. The van der Waals surface area contributed by atoms with Crippen molar-refractivity contribution in [3.05, 3.63) is 70.2 Å². The number of fused-ring (bicyclic) bond motifs is 2. The summed E-state index contributed by atoms with van der Waals surface area (Å²) in [7, 11) is 0. The molecule has 4 aromatic rings. The van der Waals surface area contributed by atoms with Gasteiger partial charge >= 0.3 is 5.63 Å². The molecule has 2 aromatic heterocycles. The molecular weight excluding hydrogens is 396 g/mol. The second-order valence-electron chi connectivity index (χ2n) is 6.18. The first-order valence-electron chi connectivity index (χ1n) is 8.65. The Bertz CT molecular complexity index is 1290. The lowest BCUT2D eigenvalue weighted by atomic mass is 10.2.